The number of aromatic nitrogens is 1. The van der Waals surface area contributed by atoms with Gasteiger partial charge in [-0.3, -0.25) is 0 Å². The third kappa shape index (κ3) is 2.92. The fraction of sp³-hybridized carbons (Fsp3) is 0.286. The molecular formula is C7H4Cl2F3NO. The highest BCUT2D eigenvalue weighted by Crippen LogP contribution is 2.30. The van der Waals surface area contributed by atoms with E-state index in [-0.39, 0.29) is 15.9 Å². The fourth-order valence-electron chi connectivity index (χ4n) is 0.763. The van der Waals surface area contributed by atoms with Gasteiger partial charge in [0.15, 0.2) is 5.75 Å². The molecule has 0 aliphatic rings. The molecule has 0 unspecified atom stereocenters. The SMILES string of the molecule is Cc1nc(Cl)c(Cl)cc1OC(F)(F)F. The Morgan fingerprint density at radius 1 is 1.36 bits per heavy atom. The summed E-state index contributed by atoms with van der Waals surface area (Å²) >= 11 is 11.0. The predicted molar refractivity (Wildman–Crippen MR) is 45.7 cm³/mol. The van der Waals surface area contributed by atoms with E-state index in [4.69, 9.17) is 23.2 Å². The van der Waals surface area contributed by atoms with Crippen molar-refractivity contribution in [2.45, 2.75) is 13.3 Å². The van der Waals surface area contributed by atoms with E-state index in [0.717, 1.165) is 6.07 Å². The van der Waals surface area contributed by atoms with Crippen molar-refractivity contribution in [2.75, 3.05) is 0 Å². The fourth-order valence-corrected chi connectivity index (χ4v) is 1.09. The third-order valence-corrected chi connectivity index (χ3v) is 1.98. The number of halogens is 5. The van der Waals surface area contributed by atoms with Crippen LogP contribution in [-0.4, -0.2) is 11.3 Å². The van der Waals surface area contributed by atoms with Gasteiger partial charge >= 0.3 is 6.36 Å². The van der Waals surface area contributed by atoms with Crippen molar-refractivity contribution < 1.29 is 17.9 Å². The van der Waals surface area contributed by atoms with Crippen LogP contribution in [0.2, 0.25) is 10.2 Å². The molecule has 0 atom stereocenters. The number of hydrogen-bond donors (Lipinski definition) is 0. The summed E-state index contributed by atoms with van der Waals surface area (Å²) in [6.07, 6.45) is -4.76. The summed E-state index contributed by atoms with van der Waals surface area (Å²) in [5, 5.41) is -0.143. The normalized spacial score (nSPS) is 11.6. The number of alkyl halides is 3. The Morgan fingerprint density at radius 3 is 2.43 bits per heavy atom. The maximum Gasteiger partial charge on any atom is 0.573 e. The summed E-state index contributed by atoms with van der Waals surface area (Å²) in [6, 6.07) is 0.972. The number of nitrogens with zero attached hydrogens (tertiary/aromatic N) is 1. The van der Waals surface area contributed by atoms with Gasteiger partial charge in [-0.25, -0.2) is 4.98 Å². The van der Waals surface area contributed by atoms with Crippen LogP contribution in [0.25, 0.3) is 0 Å². The van der Waals surface area contributed by atoms with Crippen LogP contribution in [0.1, 0.15) is 5.69 Å². The van der Waals surface area contributed by atoms with Gasteiger partial charge in [-0.05, 0) is 6.92 Å². The largest absolute Gasteiger partial charge is 0.573 e. The highest BCUT2D eigenvalue weighted by atomic mass is 35.5. The molecule has 0 aliphatic carbocycles. The van der Waals surface area contributed by atoms with Crippen LogP contribution < -0.4 is 4.74 Å². The van der Waals surface area contributed by atoms with Crippen LogP contribution in [0.15, 0.2) is 6.07 Å². The lowest BCUT2D eigenvalue weighted by Crippen LogP contribution is -2.18. The van der Waals surface area contributed by atoms with E-state index in [1.807, 2.05) is 0 Å². The van der Waals surface area contributed by atoms with Crippen molar-refractivity contribution >= 4 is 23.2 Å². The molecule has 0 saturated heterocycles. The summed E-state index contributed by atoms with van der Waals surface area (Å²) in [6.45, 7) is 1.34. The summed E-state index contributed by atoms with van der Waals surface area (Å²) in [4.78, 5) is 3.57. The van der Waals surface area contributed by atoms with Crippen molar-refractivity contribution in [3.8, 4) is 5.75 Å². The molecular weight excluding hydrogens is 242 g/mol. The Labute approximate surface area is 87.6 Å². The molecule has 0 aromatic carbocycles. The molecule has 1 heterocycles. The second-order valence-electron chi connectivity index (χ2n) is 2.39. The van der Waals surface area contributed by atoms with Gasteiger partial charge in [0.05, 0.1) is 10.7 Å². The zero-order valence-electron chi connectivity index (χ0n) is 6.82. The highest BCUT2D eigenvalue weighted by molar-refractivity contribution is 6.41. The van der Waals surface area contributed by atoms with E-state index < -0.39 is 12.1 Å². The minimum absolute atomic E-state index is 0.0247. The smallest absolute Gasteiger partial charge is 0.404 e. The van der Waals surface area contributed by atoms with Crippen molar-refractivity contribution in [1.29, 1.82) is 0 Å². The van der Waals surface area contributed by atoms with E-state index in [1.165, 1.54) is 6.92 Å². The lowest BCUT2D eigenvalue weighted by molar-refractivity contribution is -0.275. The van der Waals surface area contributed by atoms with Gasteiger partial charge in [-0.15, -0.1) is 13.2 Å². The molecule has 14 heavy (non-hydrogen) atoms. The van der Waals surface area contributed by atoms with Gasteiger partial charge in [0.1, 0.15) is 5.15 Å². The van der Waals surface area contributed by atoms with Crippen LogP contribution in [0.4, 0.5) is 13.2 Å². The molecule has 1 aromatic heterocycles. The molecule has 0 saturated carbocycles. The van der Waals surface area contributed by atoms with E-state index in [0.29, 0.717) is 0 Å². The van der Waals surface area contributed by atoms with Crippen molar-refractivity contribution in [3.63, 3.8) is 0 Å². The molecule has 1 aromatic rings. The van der Waals surface area contributed by atoms with Crippen LogP contribution in [0.3, 0.4) is 0 Å². The maximum absolute atomic E-state index is 11.8. The number of pyridine rings is 1. The van der Waals surface area contributed by atoms with Crippen LogP contribution in [0.5, 0.6) is 5.75 Å². The standard InChI is InChI=1S/C7H4Cl2F3NO/c1-3-5(14-7(10,11)12)2-4(8)6(9)13-3/h2H,1H3. The Bertz CT molecular complexity index is 354. The zero-order chi connectivity index (χ0) is 10.9. The lowest BCUT2D eigenvalue weighted by atomic mass is 10.3. The molecule has 0 bridgehead atoms. The Kier molecular flexibility index (Phi) is 3.11. The molecule has 0 spiro atoms. The minimum atomic E-state index is -4.76. The van der Waals surface area contributed by atoms with Crippen molar-refractivity contribution in [3.05, 3.63) is 21.9 Å². The molecule has 2 nitrogen and oxygen atoms in total. The minimum Gasteiger partial charge on any atom is -0.404 e. The van der Waals surface area contributed by atoms with Gasteiger partial charge in [0.2, 0.25) is 0 Å². The van der Waals surface area contributed by atoms with Gasteiger partial charge in [-0.2, -0.15) is 0 Å². The number of ether oxygens (including phenoxy) is 1. The Balaban J connectivity index is 3.04. The summed E-state index contributed by atoms with van der Waals surface area (Å²) in [7, 11) is 0. The highest BCUT2D eigenvalue weighted by Gasteiger charge is 2.32. The monoisotopic (exact) mass is 245 g/mol. The summed E-state index contributed by atoms with van der Waals surface area (Å²) in [5.41, 5.74) is 0.0247. The van der Waals surface area contributed by atoms with Crippen molar-refractivity contribution in [2.24, 2.45) is 0 Å². The first kappa shape index (κ1) is 11.4. The number of hydrogen-bond acceptors (Lipinski definition) is 2. The average molecular weight is 246 g/mol. The third-order valence-electron chi connectivity index (χ3n) is 1.30. The molecule has 0 aliphatic heterocycles. The predicted octanol–water partition coefficient (Wildman–Crippen LogP) is 3.60. The van der Waals surface area contributed by atoms with Gasteiger partial charge in [-0.1, -0.05) is 23.2 Å². The Hall–Kier alpha value is -0.680. The number of rotatable bonds is 1. The quantitative estimate of drug-likeness (QED) is 0.706. The van der Waals surface area contributed by atoms with E-state index in [9.17, 15) is 13.2 Å². The van der Waals surface area contributed by atoms with E-state index >= 15 is 0 Å². The average Bonchev–Trinajstić information content (AvgIpc) is 1.97. The lowest BCUT2D eigenvalue weighted by Gasteiger charge is -2.11. The second-order valence-corrected chi connectivity index (χ2v) is 3.16. The van der Waals surface area contributed by atoms with Gasteiger partial charge < -0.3 is 4.74 Å². The first-order chi connectivity index (χ1) is 6.29. The van der Waals surface area contributed by atoms with Crippen LogP contribution in [0, 0.1) is 6.92 Å². The number of aryl methyl sites for hydroxylation is 1. The molecule has 0 amide bonds. The molecule has 0 radical (unpaired) electrons. The van der Waals surface area contributed by atoms with Gasteiger partial charge in [0.25, 0.3) is 0 Å². The maximum atomic E-state index is 11.8. The van der Waals surface area contributed by atoms with E-state index in [1.54, 1.807) is 0 Å². The first-order valence-corrected chi connectivity index (χ1v) is 4.13. The molecule has 0 fully saturated rings. The van der Waals surface area contributed by atoms with Crippen LogP contribution >= 0.6 is 23.2 Å². The summed E-state index contributed by atoms with van der Waals surface area (Å²) in [5.74, 6) is -0.452. The second kappa shape index (κ2) is 3.82. The van der Waals surface area contributed by atoms with Crippen LogP contribution in [-0.2, 0) is 0 Å². The van der Waals surface area contributed by atoms with Gasteiger partial charge in [0, 0.05) is 6.07 Å². The zero-order valence-corrected chi connectivity index (χ0v) is 8.33. The summed E-state index contributed by atoms with van der Waals surface area (Å²) < 4.78 is 39.1. The Morgan fingerprint density at radius 2 is 1.93 bits per heavy atom. The molecule has 0 N–H and O–H groups in total. The van der Waals surface area contributed by atoms with Crippen molar-refractivity contribution in [1.82, 2.24) is 4.98 Å². The topological polar surface area (TPSA) is 22.1 Å². The molecule has 7 heteroatoms. The first-order valence-electron chi connectivity index (χ1n) is 3.38. The molecule has 78 valence electrons. The van der Waals surface area contributed by atoms with E-state index in [2.05, 4.69) is 9.72 Å². The molecule has 1 rings (SSSR count).